The van der Waals surface area contributed by atoms with E-state index in [4.69, 9.17) is 15.2 Å². The molecule has 118 valence electrons. The molecule has 21 heavy (non-hydrogen) atoms. The van der Waals surface area contributed by atoms with Crippen molar-refractivity contribution in [1.82, 2.24) is 0 Å². The molecule has 0 fully saturated rings. The fourth-order valence-corrected chi connectivity index (χ4v) is 1.78. The summed E-state index contributed by atoms with van der Waals surface area (Å²) in [7, 11) is 0. The first-order chi connectivity index (χ1) is 10.1. The number of ether oxygens (including phenoxy) is 2. The van der Waals surface area contributed by atoms with E-state index in [1.165, 1.54) is 12.1 Å². The Bertz CT molecular complexity index is 436. The van der Waals surface area contributed by atoms with Gasteiger partial charge in [-0.1, -0.05) is 6.07 Å². The number of aromatic hydroxyl groups is 2. The van der Waals surface area contributed by atoms with Gasteiger partial charge in [-0.3, -0.25) is 4.79 Å². The lowest BCUT2D eigenvalue weighted by Gasteiger charge is -2.05. The van der Waals surface area contributed by atoms with Gasteiger partial charge in [0.05, 0.1) is 19.8 Å². The van der Waals surface area contributed by atoms with Crippen LogP contribution in [0.25, 0.3) is 0 Å². The zero-order valence-electron chi connectivity index (χ0n) is 12.1. The Balaban J connectivity index is 2.09. The normalized spacial score (nSPS) is 10.7. The molecule has 4 N–H and O–H groups in total. The maximum Gasteiger partial charge on any atom is 0.158 e. The molecule has 6 heteroatoms. The third-order valence-corrected chi connectivity index (χ3v) is 2.86. The highest BCUT2D eigenvalue weighted by Crippen LogP contribution is 2.25. The van der Waals surface area contributed by atoms with Crippen molar-refractivity contribution in [3.05, 3.63) is 23.8 Å². The van der Waals surface area contributed by atoms with Crippen LogP contribution in [-0.4, -0.2) is 49.0 Å². The number of nitrogens with two attached hydrogens (primary N) is 1. The first-order valence-electron chi connectivity index (χ1n) is 7.01. The molecule has 1 aromatic carbocycles. The first kappa shape index (κ1) is 17.4. The summed E-state index contributed by atoms with van der Waals surface area (Å²) in [5, 5.41) is 18.6. The molecule has 0 saturated carbocycles. The lowest BCUT2D eigenvalue weighted by atomic mass is 10.1. The number of ketones is 1. The van der Waals surface area contributed by atoms with Crippen LogP contribution < -0.4 is 5.73 Å². The number of phenolic OH excluding ortho intramolecular Hbond substituents is 2. The van der Waals surface area contributed by atoms with E-state index in [1.54, 1.807) is 6.07 Å². The van der Waals surface area contributed by atoms with Crippen LogP contribution in [0.1, 0.15) is 18.4 Å². The Morgan fingerprint density at radius 3 is 2.57 bits per heavy atom. The molecule has 1 rings (SSSR count). The molecule has 0 aromatic heterocycles. The third-order valence-electron chi connectivity index (χ3n) is 2.86. The number of Topliss-reactive ketones (excluding diaryl/α,β-unsaturated/α-hetero) is 1. The van der Waals surface area contributed by atoms with E-state index in [1.807, 2.05) is 0 Å². The second kappa shape index (κ2) is 10.1. The smallest absolute Gasteiger partial charge is 0.158 e. The van der Waals surface area contributed by atoms with Gasteiger partial charge in [0.25, 0.3) is 0 Å². The van der Waals surface area contributed by atoms with Crippen LogP contribution in [0.5, 0.6) is 11.5 Å². The second-order valence-corrected chi connectivity index (χ2v) is 4.67. The second-order valence-electron chi connectivity index (χ2n) is 4.67. The van der Waals surface area contributed by atoms with Gasteiger partial charge in [0.1, 0.15) is 6.61 Å². The van der Waals surface area contributed by atoms with Gasteiger partial charge in [0.2, 0.25) is 0 Å². The van der Waals surface area contributed by atoms with Crippen molar-refractivity contribution in [3.63, 3.8) is 0 Å². The van der Waals surface area contributed by atoms with Crippen molar-refractivity contribution in [2.45, 2.75) is 19.3 Å². The molecular formula is C15H23NO5. The van der Waals surface area contributed by atoms with Gasteiger partial charge in [-0.2, -0.15) is 0 Å². The highest BCUT2D eigenvalue weighted by atomic mass is 16.5. The van der Waals surface area contributed by atoms with E-state index in [0.717, 1.165) is 5.56 Å². The van der Waals surface area contributed by atoms with Crippen molar-refractivity contribution in [2.24, 2.45) is 5.73 Å². The predicted molar refractivity (Wildman–Crippen MR) is 78.4 cm³/mol. The SMILES string of the molecule is NCCOCCOCC(=O)CCCc1ccc(O)c(O)c1. The molecule has 0 spiro atoms. The van der Waals surface area contributed by atoms with E-state index < -0.39 is 0 Å². The van der Waals surface area contributed by atoms with Crippen LogP contribution in [0.2, 0.25) is 0 Å². The van der Waals surface area contributed by atoms with E-state index in [9.17, 15) is 15.0 Å². The van der Waals surface area contributed by atoms with Crippen LogP contribution in [0.3, 0.4) is 0 Å². The van der Waals surface area contributed by atoms with Crippen molar-refractivity contribution in [3.8, 4) is 11.5 Å². The molecule has 0 aliphatic rings. The van der Waals surface area contributed by atoms with E-state index in [2.05, 4.69) is 0 Å². The van der Waals surface area contributed by atoms with Gasteiger partial charge >= 0.3 is 0 Å². The van der Waals surface area contributed by atoms with Crippen molar-refractivity contribution in [2.75, 3.05) is 33.0 Å². The van der Waals surface area contributed by atoms with Gasteiger partial charge in [-0.05, 0) is 30.5 Å². The molecular weight excluding hydrogens is 274 g/mol. The number of phenols is 2. The van der Waals surface area contributed by atoms with Crippen molar-refractivity contribution >= 4 is 5.78 Å². The van der Waals surface area contributed by atoms with Gasteiger partial charge in [-0.15, -0.1) is 0 Å². The number of hydrogen-bond donors (Lipinski definition) is 3. The maximum absolute atomic E-state index is 11.6. The highest BCUT2D eigenvalue weighted by molar-refractivity contribution is 5.79. The van der Waals surface area contributed by atoms with Gasteiger partial charge in [-0.25, -0.2) is 0 Å². The molecule has 0 amide bonds. The largest absolute Gasteiger partial charge is 0.504 e. The number of rotatable bonds is 11. The van der Waals surface area contributed by atoms with Gasteiger partial charge in [0, 0.05) is 13.0 Å². The Hall–Kier alpha value is -1.63. The Morgan fingerprint density at radius 2 is 1.86 bits per heavy atom. The Morgan fingerprint density at radius 1 is 1.10 bits per heavy atom. The summed E-state index contributed by atoms with van der Waals surface area (Å²) in [6.07, 6.45) is 1.76. The monoisotopic (exact) mass is 297 g/mol. The van der Waals surface area contributed by atoms with E-state index in [0.29, 0.717) is 45.6 Å². The van der Waals surface area contributed by atoms with Crippen LogP contribution in [0.4, 0.5) is 0 Å². The predicted octanol–water partition coefficient (Wildman–Crippen LogP) is 0.981. The minimum Gasteiger partial charge on any atom is -0.504 e. The summed E-state index contributed by atoms with van der Waals surface area (Å²) in [6, 6.07) is 4.67. The molecule has 0 bridgehead atoms. The fraction of sp³-hybridized carbons (Fsp3) is 0.533. The molecule has 0 radical (unpaired) electrons. The summed E-state index contributed by atoms with van der Waals surface area (Å²) >= 11 is 0. The Labute approximate surface area is 124 Å². The number of hydrogen-bond acceptors (Lipinski definition) is 6. The van der Waals surface area contributed by atoms with Crippen LogP contribution in [-0.2, 0) is 20.7 Å². The average molecular weight is 297 g/mol. The molecule has 0 unspecified atom stereocenters. The minimum atomic E-state index is -0.139. The molecule has 6 nitrogen and oxygen atoms in total. The van der Waals surface area contributed by atoms with Crippen LogP contribution in [0, 0.1) is 0 Å². The Kier molecular flexibility index (Phi) is 8.42. The topological polar surface area (TPSA) is 102 Å². The van der Waals surface area contributed by atoms with Crippen molar-refractivity contribution < 1.29 is 24.5 Å². The maximum atomic E-state index is 11.6. The fourth-order valence-electron chi connectivity index (χ4n) is 1.78. The van der Waals surface area contributed by atoms with E-state index in [-0.39, 0.29) is 23.9 Å². The molecule has 0 saturated heterocycles. The number of aryl methyl sites for hydroxylation is 1. The summed E-state index contributed by atoms with van der Waals surface area (Å²) in [5.41, 5.74) is 6.15. The third kappa shape index (κ3) is 7.65. The molecule has 0 aliphatic carbocycles. The quantitative estimate of drug-likeness (QED) is 0.416. The van der Waals surface area contributed by atoms with E-state index >= 15 is 0 Å². The van der Waals surface area contributed by atoms with Gasteiger partial charge < -0.3 is 25.4 Å². The summed E-state index contributed by atoms with van der Waals surface area (Å²) in [5.74, 6) is -0.239. The summed E-state index contributed by atoms with van der Waals surface area (Å²) in [4.78, 5) is 11.6. The van der Waals surface area contributed by atoms with Gasteiger partial charge in [0.15, 0.2) is 17.3 Å². The summed E-state index contributed by atoms with van der Waals surface area (Å²) < 4.78 is 10.3. The molecule has 0 aliphatic heterocycles. The van der Waals surface area contributed by atoms with Crippen LogP contribution >= 0.6 is 0 Å². The van der Waals surface area contributed by atoms with Crippen LogP contribution in [0.15, 0.2) is 18.2 Å². The zero-order chi connectivity index (χ0) is 15.5. The lowest BCUT2D eigenvalue weighted by molar-refractivity contribution is -0.124. The number of carbonyl (C=O) groups is 1. The minimum absolute atomic E-state index is 0.0387. The highest BCUT2D eigenvalue weighted by Gasteiger charge is 2.04. The average Bonchev–Trinajstić information content (AvgIpc) is 2.46. The molecule has 0 atom stereocenters. The molecule has 0 heterocycles. The lowest BCUT2D eigenvalue weighted by Crippen LogP contribution is -2.15. The summed E-state index contributed by atoms with van der Waals surface area (Å²) in [6.45, 7) is 1.89. The zero-order valence-corrected chi connectivity index (χ0v) is 12.1. The standard InChI is InChI=1S/C15H23NO5/c16-6-7-20-8-9-21-11-13(17)3-1-2-12-4-5-14(18)15(19)10-12/h4-5,10,18-19H,1-3,6-9,11,16H2. The van der Waals surface area contributed by atoms with Crippen molar-refractivity contribution in [1.29, 1.82) is 0 Å². The first-order valence-corrected chi connectivity index (χ1v) is 7.01. The number of benzene rings is 1. The molecule has 1 aromatic rings. The number of carbonyl (C=O) groups excluding carboxylic acids is 1.